The molecule has 2 unspecified atom stereocenters. The van der Waals surface area contributed by atoms with E-state index < -0.39 is 10.0 Å². The van der Waals surface area contributed by atoms with E-state index >= 15 is 0 Å². The third kappa shape index (κ3) is 2.50. The van der Waals surface area contributed by atoms with Crippen LogP contribution in [0, 0.1) is 11.8 Å². The Kier molecular flexibility index (Phi) is 3.38. The Labute approximate surface area is 131 Å². The van der Waals surface area contributed by atoms with E-state index in [1.807, 2.05) is 0 Å². The molecule has 0 bridgehead atoms. The van der Waals surface area contributed by atoms with Crippen LogP contribution in [-0.2, 0) is 10.0 Å². The average molecular weight is 322 g/mol. The number of hydrogen-bond donors (Lipinski definition) is 0. The molecular weight excluding hydrogens is 300 g/mol. The maximum absolute atomic E-state index is 12.0. The highest BCUT2D eigenvalue weighted by Gasteiger charge is 2.43. The molecule has 7 heteroatoms. The number of sulfonamides is 1. The number of hydrogen-bond acceptors (Lipinski definition) is 5. The molecule has 1 saturated carbocycles. The molecule has 0 amide bonds. The van der Waals surface area contributed by atoms with Gasteiger partial charge in [0, 0.05) is 43.9 Å². The first-order chi connectivity index (χ1) is 10.6. The van der Waals surface area contributed by atoms with Crippen molar-refractivity contribution in [1.82, 2.24) is 14.3 Å². The zero-order valence-corrected chi connectivity index (χ0v) is 13.7. The Morgan fingerprint density at radius 3 is 2.41 bits per heavy atom. The van der Waals surface area contributed by atoms with E-state index in [1.165, 1.54) is 12.8 Å². The molecule has 4 rings (SSSR count). The lowest BCUT2D eigenvalue weighted by Crippen LogP contribution is -2.34. The first-order valence-corrected chi connectivity index (χ1v) is 9.72. The summed E-state index contributed by atoms with van der Waals surface area (Å²) in [5.41, 5.74) is 1.16. The van der Waals surface area contributed by atoms with Gasteiger partial charge in [0.05, 0.1) is 5.75 Å². The topological polar surface area (TPSA) is 66.4 Å². The summed E-state index contributed by atoms with van der Waals surface area (Å²) < 4.78 is 25.7. The van der Waals surface area contributed by atoms with Gasteiger partial charge in [0.1, 0.15) is 12.1 Å². The second kappa shape index (κ2) is 5.16. The lowest BCUT2D eigenvalue weighted by atomic mass is 10.0. The minimum Gasteiger partial charge on any atom is -0.356 e. The standard InChI is InChI=1S/C15H22N4O2S/c1-2-22(20,21)19-8-12-6-18(7-13(12)9-19)15-5-14(11-3-4-11)16-10-17-15/h5,10-13H,2-4,6-9H2,1H3. The second-order valence-electron chi connectivity index (χ2n) is 6.72. The molecule has 3 aliphatic rings. The molecule has 2 atom stereocenters. The van der Waals surface area contributed by atoms with Gasteiger partial charge < -0.3 is 4.90 Å². The molecule has 1 aromatic heterocycles. The maximum atomic E-state index is 12.0. The maximum Gasteiger partial charge on any atom is 0.213 e. The van der Waals surface area contributed by atoms with E-state index in [0.717, 1.165) is 24.6 Å². The van der Waals surface area contributed by atoms with Gasteiger partial charge in [-0.05, 0) is 31.6 Å². The largest absolute Gasteiger partial charge is 0.356 e. The molecule has 3 heterocycles. The van der Waals surface area contributed by atoms with Crippen molar-refractivity contribution in [2.24, 2.45) is 11.8 Å². The van der Waals surface area contributed by atoms with Crippen molar-refractivity contribution in [3.8, 4) is 0 Å². The lowest BCUT2D eigenvalue weighted by molar-refractivity contribution is 0.454. The van der Waals surface area contributed by atoms with Crippen molar-refractivity contribution in [2.45, 2.75) is 25.7 Å². The van der Waals surface area contributed by atoms with Crippen molar-refractivity contribution in [1.29, 1.82) is 0 Å². The summed E-state index contributed by atoms with van der Waals surface area (Å²) in [4.78, 5) is 11.1. The van der Waals surface area contributed by atoms with Crippen LogP contribution < -0.4 is 4.90 Å². The van der Waals surface area contributed by atoms with Crippen LogP contribution in [0.15, 0.2) is 12.4 Å². The zero-order chi connectivity index (χ0) is 15.3. The molecule has 0 aromatic carbocycles. The molecule has 22 heavy (non-hydrogen) atoms. The minimum atomic E-state index is -3.04. The van der Waals surface area contributed by atoms with E-state index in [0.29, 0.717) is 30.8 Å². The van der Waals surface area contributed by atoms with Gasteiger partial charge in [-0.2, -0.15) is 0 Å². The summed E-state index contributed by atoms with van der Waals surface area (Å²) in [6.07, 6.45) is 4.15. The molecule has 3 fully saturated rings. The fourth-order valence-electron chi connectivity index (χ4n) is 3.68. The summed E-state index contributed by atoms with van der Waals surface area (Å²) in [5, 5.41) is 0. The molecule has 1 aliphatic carbocycles. The van der Waals surface area contributed by atoms with E-state index in [-0.39, 0.29) is 5.75 Å². The molecule has 2 saturated heterocycles. The summed E-state index contributed by atoms with van der Waals surface area (Å²) in [7, 11) is -3.04. The van der Waals surface area contributed by atoms with Gasteiger partial charge in [-0.3, -0.25) is 0 Å². The van der Waals surface area contributed by atoms with Crippen LogP contribution in [-0.4, -0.2) is 54.6 Å². The third-order valence-electron chi connectivity index (χ3n) is 5.20. The van der Waals surface area contributed by atoms with Gasteiger partial charge in [0.25, 0.3) is 0 Å². The van der Waals surface area contributed by atoms with Crippen LogP contribution in [0.25, 0.3) is 0 Å². The van der Waals surface area contributed by atoms with Crippen molar-refractivity contribution < 1.29 is 8.42 Å². The first kappa shape index (κ1) is 14.4. The van der Waals surface area contributed by atoms with Crippen LogP contribution in [0.5, 0.6) is 0 Å². The number of nitrogens with zero attached hydrogens (tertiary/aromatic N) is 4. The minimum absolute atomic E-state index is 0.201. The fraction of sp³-hybridized carbons (Fsp3) is 0.733. The van der Waals surface area contributed by atoms with Gasteiger partial charge in [-0.15, -0.1) is 0 Å². The highest BCUT2D eigenvalue weighted by molar-refractivity contribution is 7.89. The normalized spacial score (nSPS) is 29.0. The van der Waals surface area contributed by atoms with Gasteiger partial charge in [-0.1, -0.05) is 0 Å². The Balaban J connectivity index is 1.46. The van der Waals surface area contributed by atoms with Crippen LogP contribution in [0.4, 0.5) is 5.82 Å². The number of aromatic nitrogens is 2. The van der Waals surface area contributed by atoms with Gasteiger partial charge in [0.15, 0.2) is 0 Å². The smallest absolute Gasteiger partial charge is 0.213 e. The van der Waals surface area contributed by atoms with E-state index in [2.05, 4.69) is 20.9 Å². The molecule has 0 N–H and O–H groups in total. The molecule has 120 valence electrons. The lowest BCUT2D eigenvalue weighted by Gasteiger charge is -2.22. The van der Waals surface area contributed by atoms with Gasteiger partial charge in [-0.25, -0.2) is 22.7 Å². The fourth-order valence-corrected chi connectivity index (χ4v) is 4.89. The van der Waals surface area contributed by atoms with Crippen LogP contribution in [0.1, 0.15) is 31.4 Å². The van der Waals surface area contributed by atoms with Crippen LogP contribution in [0.3, 0.4) is 0 Å². The van der Waals surface area contributed by atoms with Crippen LogP contribution in [0.2, 0.25) is 0 Å². The first-order valence-electron chi connectivity index (χ1n) is 8.11. The molecule has 2 aliphatic heterocycles. The number of fused-ring (bicyclic) bond motifs is 1. The summed E-state index contributed by atoms with van der Waals surface area (Å²) in [6, 6.07) is 2.12. The Hall–Kier alpha value is -1.21. The van der Waals surface area contributed by atoms with E-state index in [1.54, 1.807) is 17.6 Å². The molecule has 1 aromatic rings. The molecule has 6 nitrogen and oxygen atoms in total. The summed E-state index contributed by atoms with van der Waals surface area (Å²) in [6.45, 7) is 4.86. The van der Waals surface area contributed by atoms with Crippen molar-refractivity contribution >= 4 is 15.8 Å². The highest BCUT2D eigenvalue weighted by Crippen LogP contribution is 2.40. The van der Waals surface area contributed by atoms with Crippen molar-refractivity contribution in [2.75, 3.05) is 36.8 Å². The third-order valence-corrected chi connectivity index (χ3v) is 7.02. The highest BCUT2D eigenvalue weighted by atomic mass is 32.2. The second-order valence-corrected chi connectivity index (χ2v) is 8.98. The van der Waals surface area contributed by atoms with Gasteiger partial charge >= 0.3 is 0 Å². The predicted molar refractivity (Wildman–Crippen MR) is 84.2 cm³/mol. The zero-order valence-electron chi connectivity index (χ0n) is 12.9. The quantitative estimate of drug-likeness (QED) is 0.829. The monoisotopic (exact) mass is 322 g/mol. The number of anilines is 1. The summed E-state index contributed by atoms with van der Waals surface area (Å²) in [5.74, 6) is 2.71. The SMILES string of the molecule is CCS(=O)(=O)N1CC2CN(c3cc(C4CC4)ncn3)CC2C1. The molecule has 0 radical (unpaired) electrons. The Morgan fingerprint density at radius 2 is 1.82 bits per heavy atom. The molecular formula is C15H22N4O2S. The average Bonchev–Trinajstić information content (AvgIpc) is 3.17. The Bertz CT molecular complexity index is 660. The van der Waals surface area contributed by atoms with Crippen molar-refractivity contribution in [3.05, 3.63) is 18.1 Å². The van der Waals surface area contributed by atoms with Crippen LogP contribution >= 0.6 is 0 Å². The van der Waals surface area contributed by atoms with Crippen molar-refractivity contribution in [3.63, 3.8) is 0 Å². The van der Waals surface area contributed by atoms with Gasteiger partial charge in [0.2, 0.25) is 10.0 Å². The number of rotatable bonds is 4. The Morgan fingerprint density at radius 1 is 1.14 bits per heavy atom. The molecule has 0 spiro atoms. The van der Waals surface area contributed by atoms with E-state index in [9.17, 15) is 8.42 Å². The predicted octanol–water partition coefficient (Wildman–Crippen LogP) is 1.07. The summed E-state index contributed by atoms with van der Waals surface area (Å²) >= 11 is 0. The van der Waals surface area contributed by atoms with E-state index in [4.69, 9.17) is 0 Å².